The molecule has 0 amide bonds. The second kappa shape index (κ2) is 9.47. The molecule has 14 heavy (non-hydrogen) atoms. The SMILES string of the molecule is CCCCCCOC([O])CCC(C)C. The summed E-state index contributed by atoms with van der Waals surface area (Å²) in [5.41, 5.74) is 0. The molecule has 0 aromatic carbocycles. The Labute approximate surface area is 88.7 Å². The van der Waals surface area contributed by atoms with E-state index in [9.17, 15) is 5.11 Å². The lowest BCUT2D eigenvalue weighted by Crippen LogP contribution is -2.12. The van der Waals surface area contributed by atoms with Crippen molar-refractivity contribution in [3.05, 3.63) is 0 Å². The zero-order chi connectivity index (χ0) is 10.8. The third-order valence-electron chi connectivity index (χ3n) is 2.28. The van der Waals surface area contributed by atoms with E-state index in [1.54, 1.807) is 0 Å². The summed E-state index contributed by atoms with van der Waals surface area (Å²) in [5.74, 6) is 0.607. The minimum absolute atomic E-state index is 0.607. The van der Waals surface area contributed by atoms with Crippen LogP contribution in [0.1, 0.15) is 59.3 Å². The third-order valence-corrected chi connectivity index (χ3v) is 2.28. The average molecular weight is 201 g/mol. The number of ether oxygens (including phenoxy) is 1. The van der Waals surface area contributed by atoms with Crippen molar-refractivity contribution in [2.75, 3.05) is 6.61 Å². The molecule has 1 radical (unpaired) electrons. The van der Waals surface area contributed by atoms with Crippen LogP contribution in [0.15, 0.2) is 0 Å². The van der Waals surface area contributed by atoms with Gasteiger partial charge in [0, 0.05) is 13.0 Å². The molecule has 0 aliphatic rings. The summed E-state index contributed by atoms with van der Waals surface area (Å²) in [6, 6.07) is 0. The molecular weight excluding hydrogens is 176 g/mol. The first-order valence-electron chi connectivity index (χ1n) is 5.94. The highest BCUT2D eigenvalue weighted by Crippen LogP contribution is 2.09. The Morgan fingerprint density at radius 1 is 1.07 bits per heavy atom. The van der Waals surface area contributed by atoms with Crippen LogP contribution in [-0.4, -0.2) is 12.9 Å². The summed E-state index contributed by atoms with van der Waals surface area (Å²) in [6.45, 7) is 7.09. The van der Waals surface area contributed by atoms with E-state index in [2.05, 4.69) is 20.8 Å². The first kappa shape index (κ1) is 13.9. The van der Waals surface area contributed by atoms with Gasteiger partial charge in [-0.15, -0.1) is 0 Å². The van der Waals surface area contributed by atoms with Crippen LogP contribution in [-0.2, 0) is 9.84 Å². The molecule has 0 spiro atoms. The molecule has 0 bridgehead atoms. The van der Waals surface area contributed by atoms with Gasteiger partial charge >= 0.3 is 0 Å². The molecule has 0 saturated carbocycles. The van der Waals surface area contributed by atoms with Crippen molar-refractivity contribution in [3.8, 4) is 0 Å². The van der Waals surface area contributed by atoms with Crippen LogP contribution in [0.3, 0.4) is 0 Å². The second-order valence-electron chi connectivity index (χ2n) is 4.33. The van der Waals surface area contributed by atoms with Gasteiger partial charge in [0.25, 0.3) is 0 Å². The van der Waals surface area contributed by atoms with Crippen molar-refractivity contribution >= 4 is 0 Å². The minimum Gasteiger partial charge on any atom is -0.350 e. The molecule has 0 aliphatic heterocycles. The van der Waals surface area contributed by atoms with Gasteiger partial charge < -0.3 is 4.74 Å². The number of rotatable bonds is 9. The van der Waals surface area contributed by atoms with Gasteiger partial charge in [0.2, 0.25) is 0 Å². The predicted molar refractivity (Wildman–Crippen MR) is 58.6 cm³/mol. The quantitative estimate of drug-likeness (QED) is 0.412. The minimum atomic E-state index is -0.793. The van der Waals surface area contributed by atoms with Gasteiger partial charge in [-0.1, -0.05) is 40.0 Å². The van der Waals surface area contributed by atoms with Gasteiger partial charge in [-0.25, -0.2) is 5.11 Å². The zero-order valence-electron chi connectivity index (χ0n) is 9.92. The second-order valence-corrected chi connectivity index (χ2v) is 4.33. The van der Waals surface area contributed by atoms with Gasteiger partial charge in [0.15, 0.2) is 6.29 Å². The lowest BCUT2D eigenvalue weighted by Gasteiger charge is -2.11. The molecular formula is C12H25O2. The Hall–Kier alpha value is -0.0800. The topological polar surface area (TPSA) is 29.1 Å². The van der Waals surface area contributed by atoms with Gasteiger partial charge in [-0.2, -0.15) is 0 Å². The summed E-state index contributed by atoms with van der Waals surface area (Å²) in [4.78, 5) is 0. The molecule has 2 heteroatoms. The highest BCUT2D eigenvalue weighted by atomic mass is 16.6. The fraction of sp³-hybridized carbons (Fsp3) is 1.00. The van der Waals surface area contributed by atoms with E-state index in [-0.39, 0.29) is 0 Å². The van der Waals surface area contributed by atoms with Gasteiger partial charge in [0.05, 0.1) is 0 Å². The maximum Gasteiger partial charge on any atom is 0.191 e. The van der Waals surface area contributed by atoms with E-state index in [1.165, 1.54) is 19.3 Å². The zero-order valence-corrected chi connectivity index (χ0v) is 9.92. The van der Waals surface area contributed by atoms with E-state index >= 15 is 0 Å². The van der Waals surface area contributed by atoms with Gasteiger partial charge in [-0.3, -0.25) is 0 Å². The van der Waals surface area contributed by atoms with Crippen LogP contribution in [0.25, 0.3) is 0 Å². The van der Waals surface area contributed by atoms with Crippen LogP contribution in [0.2, 0.25) is 0 Å². The molecule has 0 aliphatic carbocycles. The number of unbranched alkanes of at least 4 members (excludes halogenated alkanes) is 3. The molecule has 2 nitrogen and oxygen atoms in total. The molecule has 0 saturated heterocycles. The highest BCUT2D eigenvalue weighted by Gasteiger charge is 2.06. The van der Waals surface area contributed by atoms with Crippen LogP contribution in [0.4, 0.5) is 0 Å². The standard InChI is InChI=1S/C12H25O2/c1-4-5-6-7-10-14-12(13)9-8-11(2)3/h11-12H,4-10H2,1-3H3. The van der Waals surface area contributed by atoms with E-state index in [4.69, 9.17) is 4.74 Å². The molecule has 0 fully saturated rings. The Morgan fingerprint density at radius 2 is 1.79 bits per heavy atom. The Bertz CT molecular complexity index is 113. The summed E-state index contributed by atoms with van der Waals surface area (Å²) in [5, 5.41) is 11.2. The fourth-order valence-corrected chi connectivity index (χ4v) is 1.30. The summed E-state index contributed by atoms with van der Waals surface area (Å²) >= 11 is 0. The monoisotopic (exact) mass is 201 g/mol. The molecule has 1 atom stereocenters. The van der Waals surface area contributed by atoms with Gasteiger partial charge in [-0.05, 0) is 18.8 Å². The Balaban J connectivity index is 3.14. The van der Waals surface area contributed by atoms with E-state index in [0.29, 0.717) is 18.9 Å². The number of hydrogen-bond acceptors (Lipinski definition) is 1. The van der Waals surface area contributed by atoms with Crippen molar-refractivity contribution < 1.29 is 9.84 Å². The van der Waals surface area contributed by atoms with Crippen molar-refractivity contribution in [1.82, 2.24) is 0 Å². The molecule has 0 aromatic rings. The van der Waals surface area contributed by atoms with Crippen LogP contribution in [0, 0.1) is 5.92 Å². The molecule has 0 rings (SSSR count). The molecule has 1 unspecified atom stereocenters. The molecule has 0 aromatic heterocycles. The lowest BCUT2D eigenvalue weighted by molar-refractivity contribution is -0.145. The van der Waals surface area contributed by atoms with E-state index < -0.39 is 6.29 Å². The lowest BCUT2D eigenvalue weighted by atomic mass is 10.1. The smallest absolute Gasteiger partial charge is 0.191 e. The van der Waals surface area contributed by atoms with Gasteiger partial charge in [0.1, 0.15) is 0 Å². The predicted octanol–water partition coefficient (Wildman–Crippen LogP) is 3.78. The van der Waals surface area contributed by atoms with Crippen LogP contribution in [0.5, 0.6) is 0 Å². The first-order valence-corrected chi connectivity index (χ1v) is 5.94. The summed E-state index contributed by atoms with van der Waals surface area (Å²) in [7, 11) is 0. The first-order chi connectivity index (χ1) is 6.66. The average Bonchev–Trinajstić information content (AvgIpc) is 2.14. The summed E-state index contributed by atoms with van der Waals surface area (Å²) in [6.07, 6.45) is 5.54. The van der Waals surface area contributed by atoms with Crippen molar-refractivity contribution in [2.45, 2.75) is 65.6 Å². The van der Waals surface area contributed by atoms with E-state index in [1.807, 2.05) is 0 Å². The highest BCUT2D eigenvalue weighted by molar-refractivity contribution is 4.48. The van der Waals surface area contributed by atoms with Crippen LogP contribution < -0.4 is 0 Å². The maximum absolute atomic E-state index is 11.2. The maximum atomic E-state index is 11.2. The number of hydrogen-bond donors (Lipinski definition) is 0. The van der Waals surface area contributed by atoms with Crippen LogP contribution >= 0.6 is 0 Å². The van der Waals surface area contributed by atoms with Crippen molar-refractivity contribution in [1.29, 1.82) is 0 Å². The molecule has 0 N–H and O–H groups in total. The normalized spacial score (nSPS) is 13.5. The molecule has 85 valence electrons. The van der Waals surface area contributed by atoms with Crippen molar-refractivity contribution in [3.63, 3.8) is 0 Å². The van der Waals surface area contributed by atoms with Crippen molar-refractivity contribution in [2.24, 2.45) is 5.92 Å². The summed E-state index contributed by atoms with van der Waals surface area (Å²) < 4.78 is 5.18. The molecule has 0 heterocycles. The van der Waals surface area contributed by atoms with E-state index in [0.717, 1.165) is 12.8 Å². The third kappa shape index (κ3) is 10.0. The fourth-order valence-electron chi connectivity index (χ4n) is 1.30. The Morgan fingerprint density at radius 3 is 2.36 bits per heavy atom. The Kier molecular flexibility index (Phi) is 9.42. The largest absolute Gasteiger partial charge is 0.350 e.